The van der Waals surface area contributed by atoms with Gasteiger partial charge in [-0.05, 0) is 30.7 Å². The van der Waals surface area contributed by atoms with Crippen LogP contribution < -0.4 is 10.1 Å². The Labute approximate surface area is 125 Å². The zero-order valence-corrected chi connectivity index (χ0v) is 13.0. The molecular weight excluding hydrogens is 268 g/mol. The van der Waals surface area contributed by atoms with Gasteiger partial charge < -0.3 is 10.1 Å². The van der Waals surface area contributed by atoms with Gasteiger partial charge in [0.1, 0.15) is 11.4 Å². The third kappa shape index (κ3) is 3.65. The highest BCUT2D eigenvalue weighted by atomic mass is 16.6. The van der Waals surface area contributed by atoms with Crippen LogP contribution in [-0.4, -0.2) is 18.1 Å². The molecule has 0 saturated heterocycles. The Morgan fingerprint density at radius 2 is 2.05 bits per heavy atom. The van der Waals surface area contributed by atoms with E-state index < -0.39 is 0 Å². The van der Waals surface area contributed by atoms with Crippen molar-refractivity contribution in [3.63, 3.8) is 0 Å². The van der Waals surface area contributed by atoms with E-state index in [0.717, 1.165) is 6.42 Å². The van der Waals surface area contributed by atoms with Gasteiger partial charge in [0, 0.05) is 18.2 Å². The fourth-order valence-electron chi connectivity index (χ4n) is 3.25. The van der Waals surface area contributed by atoms with Crippen LogP contribution in [0.3, 0.4) is 0 Å². The van der Waals surface area contributed by atoms with E-state index >= 15 is 0 Å². The first-order chi connectivity index (χ1) is 10.0. The molecular formula is C16H24N2O3. The Balaban J connectivity index is 2.25. The molecule has 2 unspecified atom stereocenters. The average Bonchev–Trinajstić information content (AvgIpc) is 2.47. The van der Waals surface area contributed by atoms with Crippen LogP contribution in [0.2, 0.25) is 0 Å². The molecule has 5 heteroatoms. The van der Waals surface area contributed by atoms with E-state index in [9.17, 15) is 10.1 Å². The Bertz CT molecular complexity index is 502. The van der Waals surface area contributed by atoms with Crippen molar-refractivity contribution in [3.8, 4) is 5.75 Å². The van der Waals surface area contributed by atoms with Crippen LogP contribution in [0.1, 0.15) is 39.5 Å². The molecule has 0 aromatic heterocycles. The Hall–Kier alpha value is -1.78. The van der Waals surface area contributed by atoms with Crippen LogP contribution in [0.15, 0.2) is 18.2 Å². The molecule has 1 saturated carbocycles. The topological polar surface area (TPSA) is 64.4 Å². The van der Waals surface area contributed by atoms with E-state index in [-0.39, 0.29) is 10.6 Å². The fourth-order valence-corrected chi connectivity index (χ4v) is 3.25. The third-order valence-electron chi connectivity index (χ3n) is 4.42. The standard InChI is InChI=1S/C16H24N2O3/c1-11(2)13-6-4-5-7-14(13)17-15-10-12(21-3)8-9-16(15)18(19)20/h8-11,13-14,17H,4-7H2,1-3H3. The van der Waals surface area contributed by atoms with Gasteiger partial charge in [0.05, 0.1) is 12.0 Å². The van der Waals surface area contributed by atoms with E-state index in [1.807, 2.05) is 0 Å². The molecule has 1 aliphatic carbocycles. The maximum Gasteiger partial charge on any atom is 0.292 e. The lowest BCUT2D eigenvalue weighted by molar-refractivity contribution is -0.384. The van der Waals surface area contributed by atoms with Crippen LogP contribution >= 0.6 is 0 Å². The molecule has 0 spiro atoms. The average molecular weight is 292 g/mol. The predicted molar refractivity (Wildman–Crippen MR) is 83.9 cm³/mol. The van der Waals surface area contributed by atoms with Crippen LogP contribution in [0.4, 0.5) is 11.4 Å². The number of rotatable bonds is 5. The summed E-state index contributed by atoms with van der Waals surface area (Å²) in [6.07, 6.45) is 4.68. The van der Waals surface area contributed by atoms with Crippen molar-refractivity contribution in [2.75, 3.05) is 12.4 Å². The number of methoxy groups -OCH3 is 1. The molecule has 1 aromatic carbocycles. The summed E-state index contributed by atoms with van der Waals surface area (Å²) in [6, 6.07) is 5.16. The van der Waals surface area contributed by atoms with Gasteiger partial charge >= 0.3 is 0 Å². The first kappa shape index (κ1) is 15.6. The van der Waals surface area contributed by atoms with E-state index in [0.29, 0.717) is 29.3 Å². The van der Waals surface area contributed by atoms with E-state index in [1.54, 1.807) is 19.2 Å². The van der Waals surface area contributed by atoms with Gasteiger partial charge in [-0.15, -0.1) is 0 Å². The van der Waals surface area contributed by atoms with Crippen LogP contribution in [0.25, 0.3) is 0 Å². The fraction of sp³-hybridized carbons (Fsp3) is 0.625. The summed E-state index contributed by atoms with van der Waals surface area (Å²) in [6.45, 7) is 4.45. The molecule has 1 aromatic rings. The van der Waals surface area contributed by atoms with Gasteiger partial charge in [0.15, 0.2) is 0 Å². The second-order valence-corrected chi connectivity index (χ2v) is 6.08. The highest BCUT2D eigenvalue weighted by molar-refractivity contribution is 5.64. The van der Waals surface area contributed by atoms with Gasteiger partial charge in [-0.3, -0.25) is 10.1 Å². The predicted octanol–water partition coefficient (Wildman–Crippen LogP) is 4.23. The molecule has 116 valence electrons. The molecule has 2 rings (SSSR count). The molecule has 5 nitrogen and oxygen atoms in total. The van der Waals surface area contributed by atoms with Crippen molar-refractivity contribution in [2.45, 2.75) is 45.6 Å². The largest absolute Gasteiger partial charge is 0.497 e. The van der Waals surface area contributed by atoms with E-state index in [4.69, 9.17) is 4.74 Å². The number of nitro benzene ring substituents is 1. The lowest BCUT2D eigenvalue weighted by atomic mass is 9.77. The second-order valence-electron chi connectivity index (χ2n) is 6.08. The lowest BCUT2D eigenvalue weighted by Crippen LogP contribution is -2.35. The SMILES string of the molecule is COc1ccc([N+](=O)[O-])c(NC2CCCCC2C(C)C)c1. The Kier molecular flexibility index (Phi) is 5.04. The first-order valence-corrected chi connectivity index (χ1v) is 7.62. The van der Waals surface area contributed by atoms with Crippen LogP contribution in [0, 0.1) is 22.0 Å². The molecule has 0 radical (unpaired) electrons. The maximum absolute atomic E-state index is 11.2. The molecule has 0 aliphatic heterocycles. The summed E-state index contributed by atoms with van der Waals surface area (Å²) in [7, 11) is 1.57. The number of hydrogen-bond donors (Lipinski definition) is 1. The zero-order valence-electron chi connectivity index (χ0n) is 13.0. The van der Waals surface area contributed by atoms with Crippen LogP contribution in [-0.2, 0) is 0 Å². The highest BCUT2D eigenvalue weighted by Gasteiger charge is 2.29. The number of nitro groups is 1. The van der Waals surface area contributed by atoms with Gasteiger partial charge in [-0.25, -0.2) is 0 Å². The van der Waals surface area contributed by atoms with Crippen molar-refractivity contribution in [1.82, 2.24) is 0 Å². The molecule has 0 heterocycles. The molecule has 0 amide bonds. The molecule has 1 fully saturated rings. The number of nitrogens with zero attached hydrogens (tertiary/aromatic N) is 1. The quantitative estimate of drug-likeness (QED) is 0.651. The van der Waals surface area contributed by atoms with Gasteiger partial charge in [-0.1, -0.05) is 26.7 Å². The van der Waals surface area contributed by atoms with Gasteiger partial charge in [-0.2, -0.15) is 0 Å². The van der Waals surface area contributed by atoms with E-state index in [1.165, 1.54) is 25.3 Å². The number of benzene rings is 1. The van der Waals surface area contributed by atoms with Crippen molar-refractivity contribution in [1.29, 1.82) is 0 Å². The summed E-state index contributed by atoms with van der Waals surface area (Å²) >= 11 is 0. The van der Waals surface area contributed by atoms with Gasteiger partial charge in [0.25, 0.3) is 5.69 Å². The summed E-state index contributed by atoms with van der Waals surface area (Å²) in [5, 5.41) is 14.6. The minimum atomic E-state index is -0.338. The summed E-state index contributed by atoms with van der Waals surface area (Å²) in [4.78, 5) is 10.9. The van der Waals surface area contributed by atoms with Crippen molar-refractivity contribution < 1.29 is 9.66 Å². The summed E-state index contributed by atoms with van der Waals surface area (Å²) in [5.74, 6) is 1.78. The molecule has 1 N–H and O–H groups in total. The lowest BCUT2D eigenvalue weighted by Gasteiger charge is -2.35. The number of anilines is 1. The Morgan fingerprint density at radius 1 is 1.33 bits per heavy atom. The zero-order chi connectivity index (χ0) is 15.4. The molecule has 1 aliphatic rings. The number of hydrogen-bond acceptors (Lipinski definition) is 4. The van der Waals surface area contributed by atoms with Crippen molar-refractivity contribution in [3.05, 3.63) is 28.3 Å². The van der Waals surface area contributed by atoms with Gasteiger partial charge in [0.2, 0.25) is 0 Å². The molecule has 0 bridgehead atoms. The first-order valence-electron chi connectivity index (χ1n) is 7.62. The highest BCUT2D eigenvalue weighted by Crippen LogP contribution is 2.35. The number of nitrogens with one attached hydrogen (secondary N) is 1. The minimum Gasteiger partial charge on any atom is -0.497 e. The summed E-state index contributed by atoms with van der Waals surface area (Å²) in [5.41, 5.74) is 0.681. The normalized spacial score (nSPS) is 22.1. The minimum absolute atomic E-state index is 0.115. The molecule has 21 heavy (non-hydrogen) atoms. The monoisotopic (exact) mass is 292 g/mol. The van der Waals surface area contributed by atoms with Crippen molar-refractivity contribution in [2.24, 2.45) is 11.8 Å². The van der Waals surface area contributed by atoms with Crippen LogP contribution in [0.5, 0.6) is 5.75 Å². The van der Waals surface area contributed by atoms with Crippen molar-refractivity contribution >= 4 is 11.4 Å². The van der Waals surface area contributed by atoms with E-state index in [2.05, 4.69) is 19.2 Å². The smallest absolute Gasteiger partial charge is 0.292 e. The molecule has 2 atom stereocenters. The maximum atomic E-state index is 11.2. The Morgan fingerprint density at radius 3 is 2.67 bits per heavy atom. The summed E-state index contributed by atoms with van der Waals surface area (Å²) < 4.78 is 5.19. The second kappa shape index (κ2) is 6.78. The number of ether oxygens (including phenoxy) is 1. The third-order valence-corrected chi connectivity index (χ3v) is 4.42.